The summed E-state index contributed by atoms with van der Waals surface area (Å²) in [6.45, 7) is 3.10. The van der Waals surface area contributed by atoms with Gasteiger partial charge in [-0.15, -0.1) is 0 Å². The number of carbonyl (C=O) groups is 1. The molecule has 1 fully saturated rings. The number of ether oxygens (including phenoxy) is 1. The number of nitrogen functional groups attached to an aromatic ring is 1. The summed E-state index contributed by atoms with van der Waals surface area (Å²) in [5.74, 6) is -0.826. The van der Waals surface area contributed by atoms with Gasteiger partial charge in [0.25, 0.3) is 5.91 Å². The van der Waals surface area contributed by atoms with E-state index in [1.54, 1.807) is 18.3 Å². The lowest BCUT2D eigenvalue weighted by Gasteiger charge is -2.32. The maximum absolute atomic E-state index is 14.0. The lowest BCUT2D eigenvalue weighted by atomic mass is 10.0. The number of pyridine rings is 1. The molecule has 178 valence electrons. The van der Waals surface area contributed by atoms with Crippen molar-refractivity contribution >= 4 is 23.3 Å². The molecule has 0 bridgehead atoms. The van der Waals surface area contributed by atoms with Crippen LogP contribution in [0.4, 0.5) is 14.6 Å². The lowest BCUT2D eigenvalue weighted by Crippen LogP contribution is -2.47. The van der Waals surface area contributed by atoms with Crippen LogP contribution in [0.2, 0.25) is 5.02 Å². The van der Waals surface area contributed by atoms with Gasteiger partial charge in [-0.3, -0.25) is 4.79 Å². The zero-order valence-corrected chi connectivity index (χ0v) is 19.5. The summed E-state index contributed by atoms with van der Waals surface area (Å²) >= 11 is 5.88. The summed E-state index contributed by atoms with van der Waals surface area (Å²) < 4.78 is 33.4. The average Bonchev–Trinajstić information content (AvgIpc) is 2.85. The van der Waals surface area contributed by atoms with Gasteiger partial charge in [0.1, 0.15) is 11.6 Å². The molecule has 6 nitrogen and oxygen atoms in total. The predicted octanol–water partition coefficient (Wildman–Crippen LogP) is 4.27. The van der Waals surface area contributed by atoms with Gasteiger partial charge >= 0.3 is 0 Å². The molecule has 3 aromatic rings. The maximum atomic E-state index is 14.0. The van der Waals surface area contributed by atoms with E-state index in [1.807, 2.05) is 30.1 Å². The normalized spacial score (nSPS) is 14.3. The van der Waals surface area contributed by atoms with Crippen molar-refractivity contribution in [2.45, 2.75) is 6.42 Å². The van der Waals surface area contributed by atoms with E-state index >= 15 is 0 Å². The number of benzene rings is 2. The predicted molar refractivity (Wildman–Crippen MR) is 128 cm³/mol. The minimum atomic E-state index is -0.688. The van der Waals surface area contributed by atoms with Crippen molar-refractivity contribution in [3.05, 3.63) is 76.4 Å². The van der Waals surface area contributed by atoms with Crippen molar-refractivity contribution in [2.75, 3.05) is 45.6 Å². The molecule has 1 amide bonds. The zero-order valence-electron chi connectivity index (χ0n) is 18.7. The highest BCUT2D eigenvalue weighted by atomic mass is 35.5. The van der Waals surface area contributed by atoms with Crippen molar-refractivity contribution < 1.29 is 18.3 Å². The second-order valence-corrected chi connectivity index (χ2v) is 8.58. The molecule has 2 aromatic carbocycles. The Bertz CT molecular complexity index is 1200. The summed E-state index contributed by atoms with van der Waals surface area (Å²) in [5.41, 5.74) is 8.10. The number of nitrogens with zero attached hydrogens (tertiary/aromatic N) is 3. The Morgan fingerprint density at radius 1 is 1.09 bits per heavy atom. The minimum Gasteiger partial charge on any atom is -0.489 e. The van der Waals surface area contributed by atoms with E-state index < -0.39 is 11.6 Å². The summed E-state index contributed by atoms with van der Waals surface area (Å²) in [6.07, 6.45) is 1.66. The molecule has 0 unspecified atom stereocenters. The fraction of sp³-hybridized carbons (Fsp3) is 0.280. The molecule has 1 aromatic heterocycles. The van der Waals surface area contributed by atoms with Crippen molar-refractivity contribution in [3.8, 4) is 16.9 Å². The SMILES string of the molecule is CN1CCN(C(=O)c2cccc(-c3cnc(N)c(OCCc4c(F)ccc(F)c4Cl)c3)c2)CC1. The zero-order chi connectivity index (χ0) is 24.2. The number of anilines is 1. The van der Waals surface area contributed by atoms with Crippen molar-refractivity contribution in [1.82, 2.24) is 14.8 Å². The molecule has 1 aliphatic rings. The van der Waals surface area contributed by atoms with Crippen LogP contribution in [0.3, 0.4) is 0 Å². The van der Waals surface area contributed by atoms with Gasteiger partial charge in [-0.25, -0.2) is 13.8 Å². The van der Waals surface area contributed by atoms with Crippen molar-refractivity contribution in [2.24, 2.45) is 0 Å². The highest BCUT2D eigenvalue weighted by Crippen LogP contribution is 2.29. The molecule has 2 heterocycles. The number of likely N-dealkylation sites (N-methyl/N-ethyl adjacent to an activating group) is 1. The number of piperazine rings is 1. The third kappa shape index (κ3) is 5.29. The standard InChI is InChI=1S/C25H25ClF2N4O2/c1-31-8-10-32(11-9-31)25(33)17-4-2-3-16(13-17)18-14-22(24(29)30-15-18)34-12-7-19-20(27)5-6-21(28)23(19)26/h2-6,13-15H,7-12H2,1H3,(H2,29,30). The van der Waals surface area contributed by atoms with E-state index in [4.69, 9.17) is 22.1 Å². The first-order valence-electron chi connectivity index (χ1n) is 10.9. The molecule has 0 aliphatic carbocycles. The third-order valence-corrected chi connectivity index (χ3v) is 6.27. The van der Waals surface area contributed by atoms with Crippen LogP contribution in [0.1, 0.15) is 15.9 Å². The fourth-order valence-corrected chi connectivity index (χ4v) is 4.06. The molecule has 9 heteroatoms. The Labute approximate surface area is 201 Å². The molecule has 2 N–H and O–H groups in total. The molecule has 34 heavy (non-hydrogen) atoms. The third-order valence-electron chi connectivity index (χ3n) is 5.86. The van der Waals surface area contributed by atoms with Crippen LogP contribution in [0, 0.1) is 11.6 Å². The number of halogens is 3. The molecule has 0 radical (unpaired) electrons. The van der Waals surface area contributed by atoms with Gasteiger partial charge in [0.05, 0.1) is 11.6 Å². The summed E-state index contributed by atoms with van der Waals surface area (Å²) in [4.78, 5) is 21.2. The van der Waals surface area contributed by atoms with Crippen LogP contribution in [0.5, 0.6) is 5.75 Å². The number of amides is 1. The van der Waals surface area contributed by atoms with Crippen LogP contribution in [-0.4, -0.2) is 60.5 Å². The topological polar surface area (TPSA) is 71.7 Å². The van der Waals surface area contributed by atoms with E-state index in [0.29, 0.717) is 30.0 Å². The number of rotatable bonds is 6. The van der Waals surface area contributed by atoms with Gasteiger partial charge < -0.3 is 20.3 Å². The first-order valence-corrected chi connectivity index (χ1v) is 11.3. The summed E-state index contributed by atoms with van der Waals surface area (Å²) in [5, 5.41) is -0.259. The molecule has 1 aliphatic heterocycles. The Hall–Kier alpha value is -3.23. The van der Waals surface area contributed by atoms with Crippen LogP contribution in [0.25, 0.3) is 11.1 Å². The molecule has 4 rings (SSSR count). The van der Waals surface area contributed by atoms with Crippen molar-refractivity contribution in [3.63, 3.8) is 0 Å². The monoisotopic (exact) mass is 486 g/mol. The van der Waals surface area contributed by atoms with Crippen LogP contribution in [0.15, 0.2) is 48.7 Å². The van der Waals surface area contributed by atoms with Crippen LogP contribution in [-0.2, 0) is 6.42 Å². The summed E-state index contributed by atoms with van der Waals surface area (Å²) in [6, 6.07) is 11.0. The Morgan fingerprint density at radius 2 is 1.82 bits per heavy atom. The van der Waals surface area contributed by atoms with Gasteiger partial charge in [0.15, 0.2) is 11.6 Å². The molecule has 0 saturated carbocycles. The Kier molecular flexibility index (Phi) is 7.29. The number of carbonyl (C=O) groups excluding carboxylic acids is 1. The highest BCUT2D eigenvalue weighted by Gasteiger charge is 2.21. The van der Waals surface area contributed by atoms with Crippen molar-refractivity contribution in [1.29, 1.82) is 0 Å². The van der Waals surface area contributed by atoms with E-state index in [-0.39, 0.29) is 35.3 Å². The quantitative estimate of drug-likeness (QED) is 0.527. The number of hydrogen-bond acceptors (Lipinski definition) is 5. The van der Waals surface area contributed by atoms with E-state index in [9.17, 15) is 13.6 Å². The molecular weight excluding hydrogens is 462 g/mol. The molecular formula is C25H25ClF2N4O2. The smallest absolute Gasteiger partial charge is 0.253 e. The Morgan fingerprint density at radius 3 is 2.59 bits per heavy atom. The molecule has 0 atom stereocenters. The van der Waals surface area contributed by atoms with Gasteiger partial charge in [-0.05, 0) is 42.9 Å². The highest BCUT2D eigenvalue weighted by molar-refractivity contribution is 6.31. The molecule has 1 saturated heterocycles. The minimum absolute atomic E-state index is 0.0103. The second-order valence-electron chi connectivity index (χ2n) is 8.20. The maximum Gasteiger partial charge on any atom is 0.253 e. The summed E-state index contributed by atoms with van der Waals surface area (Å²) in [7, 11) is 2.04. The van der Waals surface area contributed by atoms with E-state index in [1.165, 1.54) is 0 Å². The molecule has 0 spiro atoms. The largest absolute Gasteiger partial charge is 0.489 e. The van der Waals surface area contributed by atoms with Gasteiger partial charge in [-0.1, -0.05) is 23.7 Å². The van der Waals surface area contributed by atoms with E-state index in [0.717, 1.165) is 30.8 Å². The van der Waals surface area contributed by atoms with Gasteiger partial charge in [-0.2, -0.15) is 0 Å². The second kappa shape index (κ2) is 10.4. The average molecular weight is 487 g/mol. The Balaban J connectivity index is 1.48. The lowest BCUT2D eigenvalue weighted by molar-refractivity contribution is 0.0664. The van der Waals surface area contributed by atoms with Gasteiger partial charge in [0.2, 0.25) is 0 Å². The first kappa shape index (κ1) is 23.9. The first-order chi connectivity index (χ1) is 16.3. The van der Waals surface area contributed by atoms with Gasteiger partial charge in [0, 0.05) is 55.5 Å². The number of aromatic nitrogens is 1. The van der Waals surface area contributed by atoms with Crippen LogP contribution >= 0.6 is 11.6 Å². The van der Waals surface area contributed by atoms with Crippen LogP contribution < -0.4 is 10.5 Å². The van der Waals surface area contributed by atoms with E-state index in [2.05, 4.69) is 9.88 Å². The number of nitrogens with two attached hydrogens (primary N) is 1. The number of hydrogen-bond donors (Lipinski definition) is 1. The fourth-order valence-electron chi connectivity index (χ4n) is 3.81.